The molecule has 5 heteroatoms. The van der Waals surface area contributed by atoms with Crippen LogP contribution >= 0.6 is 0 Å². The van der Waals surface area contributed by atoms with Crippen molar-refractivity contribution >= 4 is 17.5 Å². The molecule has 1 aliphatic carbocycles. The summed E-state index contributed by atoms with van der Waals surface area (Å²) < 4.78 is 0. The minimum absolute atomic E-state index is 0.0194. The molecule has 0 aromatic heterocycles. The number of amides is 2. The van der Waals surface area contributed by atoms with Gasteiger partial charge in [-0.3, -0.25) is 9.59 Å². The molecule has 1 aromatic rings. The zero-order chi connectivity index (χ0) is 19.4. The molecule has 1 heterocycles. The second-order valence-corrected chi connectivity index (χ2v) is 8.12. The highest BCUT2D eigenvalue weighted by Gasteiger charge is 2.33. The first-order valence-corrected chi connectivity index (χ1v) is 10.4. The highest BCUT2D eigenvalue weighted by atomic mass is 16.2. The van der Waals surface area contributed by atoms with E-state index in [1.165, 1.54) is 0 Å². The minimum atomic E-state index is 0.0194. The fourth-order valence-corrected chi connectivity index (χ4v) is 4.25. The van der Waals surface area contributed by atoms with Crippen molar-refractivity contribution in [1.82, 2.24) is 9.80 Å². The molecular formula is C22H33N3O2. The Morgan fingerprint density at radius 2 is 1.63 bits per heavy atom. The van der Waals surface area contributed by atoms with Crippen LogP contribution in [0.2, 0.25) is 0 Å². The molecule has 5 nitrogen and oxygen atoms in total. The molecule has 1 N–H and O–H groups in total. The molecule has 2 fully saturated rings. The Labute approximate surface area is 163 Å². The van der Waals surface area contributed by atoms with E-state index in [4.69, 9.17) is 0 Å². The first-order valence-electron chi connectivity index (χ1n) is 10.4. The Balaban J connectivity index is 1.49. The van der Waals surface area contributed by atoms with Crippen LogP contribution in [0.3, 0.4) is 0 Å². The minimum Gasteiger partial charge on any atom is -0.340 e. The first kappa shape index (κ1) is 19.9. The fraction of sp³-hybridized carbons (Fsp3) is 0.636. The van der Waals surface area contributed by atoms with Gasteiger partial charge in [-0.05, 0) is 63.3 Å². The number of piperazine rings is 1. The van der Waals surface area contributed by atoms with Crippen LogP contribution in [0.15, 0.2) is 18.2 Å². The summed E-state index contributed by atoms with van der Waals surface area (Å²) in [5, 5.41) is 3.10. The maximum Gasteiger partial charge on any atom is 0.227 e. The van der Waals surface area contributed by atoms with Gasteiger partial charge in [0.15, 0.2) is 0 Å². The highest BCUT2D eigenvalue weighted by Crippen LogP contribution is 2.31. The van der Waals surface area contributed by atoms with Gasteiger partial charge < -0.3 is 15.1 Å². The molecule has 1 aliphatic heterocycles. The molecule has 3 rings (SSSR count). The molecule has 0 spiro atoms. The van der Waals surface area contributed by atoms with Gasteiger partial charge in [0.2, 0.25) is 11.8 Å². The quantitative estimate of drug-likeness (QED) is 0.884. The molecule has 0 radical (unpaired) electrons. The number of likely N-dealkylation sites (N-methyl/N-ethyl adjacent to an activating group) is 1. The van der Waals surface area contributed by atoms with Crippen molar-refractivity contribution in [2.45, 2.75) is 46.5 Å². The van der Waals surface area contributed by atoms with Crippen LogP contribution in [0.25, 0.3) is 0 Å². The first-order chi connectivity index (χ1) is 13.0. The number of rotatable bonds is 4. The number of carbonyl (C=O) groups excluding carboxylic acids is 2. The van der Waals surface area contributed by atoms with Gasteiger partial charge >= 0.3 is 0 Å². The molecule has 1 saturated heterocycles. The van der Waals surface area contributed by atoms with E-state index >= 15 is 0 Å². The summed E-state index contributed by atoms with van der Waals surface area (Å²) in [6.45, 7) is 10.9. The fourth-order valence-electron chi connectivity index (χ4n) is 4.25. The summed E-state index contributed by atoms with van der Waals surface area (Å²) >= 11 is 0. The van der Waals surface area contributed by atoms with Crippen LogP contribution < -0.4 is 5.32 Å². The second kappa shape index (κ2) is 8.87. The number of hydrogen-bond donors (Lipinski definition) is 1. The van der Waals surface area contributed by atoms with E-state index < -0.39 is 0 Å². The summed E-state index contributed by atoms with van der Waals surface area (Å²) in [7, 11) is 0. The summed E-state index contributed by atoms with van der Waals surface area (Å²) in [4.78, 5) is 29.9. The van der Waals surface area contributed by atoms with Gasteiger partial charge in [-0.2, -0.15) is 0 Å². The van der Waals surface area contributed by atoms with E-state index in [0.29, 0.717) is 5.91 Å². The lowest BCUT2D eigenvalue weighted by Gasteiger charge is -2.37. The second-order valence-electron chi connectivity index (χ2n) is 8.12. The van der Waals surface area contributed by atoms with Crippen molar-refractivity contribution < 1.29 is 9.59 Å². The number of hydrogen-bond acceptors (Lipinski definition) is 3. The maximum absolute atomic E-state index is 12.8. The molecular weight excluding hydrogens is 338 g/mol. The normalized spacial score (nSPS) is 23.9. The Morgan fingerprint density at radius 3 is 2.26 bits per heavy atom. The molecule has 1 saturated carbocycles. The zero-order valence-corrected chi connectivity index (χ0v) is 17.0. The number of carbonyl (C=O) groups is 2. The van der Waals surface area contributed by atoms with Gasteiger partial charge in [-0.15, -0.1) is 0 Å². The average Bonchev–Trinajstić information content (AvgIpc) is 2.70. The lowest BCUT2D eigenvalue weighted by atomic mass is 9.80. The molecule has 148 valence electrons. The van der Waals surface area contributed by atoms with Crippen molar-refractivity contribution in [3.8, 4) is 0 Å². The number of anilines is 1. The molecule has 0 atom stereocenters. The van der Waals surface area contributed by atoms with Gasteiger partial charge in [-0.25, -0.2) is 0 Å². The third kappa shape index (κ3) is 4.89. The SMILES string of the molecule is CCN1CCN(C(=O)C2CCC(C(=O)Nc3cc(C)ccc3C)CC2)CC1. The predicted octanol–water partition coefficient (Wildman–Crippen LogP) is 3.21. The van der Waals surface area contributed by atoms with Crippen molar-refractivity contribution in [3.63, 3.8) is 0 Å². The molecule has 2 amide bonds. The third-order valence-corrected chi connectivity index (χ3v) is 6.23. The largest absolute Gasteiger partial charge is 0.340 e. The number of nitrogens with one attached hydrogen (secondary N) is 1. The van der Waals surface area contributed by atoms with Crippen LogP contribution in [0.4, 0.5) is 5.69 Å². The van der Waals surface area contributed by atoms with Crippen LogP contribution in [0.5, 0.6) is 0 Å². The molecule has 2 aliphatic rings. The summed E-state index contributed by atoms with van der Waals surface area (Å²) in [5.74, 6) is 0.527. The monoisotopic (exact) mass is 371 g/mol. The molecule has 0 unspecified atom stereocenters. The van der Waals surface area contributed by atoms with E-state index in [-0.39, 0.29) is 17.7 Å². The van der Waals surface area contributed by atoms with Crippen molar-refractivity contribution in [2.24, 2.45) is 11.8 Å². The van der Waals surface area contributed by atoms with Crippen LogP contribution in [0.1, 0.15) is 43.7 Å². The van der Waals surface area contributed by atoms with E-state index in [1.54, 1.807) is 0 Å². The Morgan fingerprint density at radius 1 is 1.00 bits per heavy atom. The Hall–Kier alpha value is -1.88. The van der Waals surface area contributed by atoms with Gasteiger partial charge in [0, 0.05) is 43.7 Å². The van der Waals surface area contributed by atoms with E-state index in [2.05, 4.69) is 23.2 Å². The predicted molar refractivity (Wildman–Crippen MR) is 109 cm³/mol. The Bertz CT molecular complexity index is 672. The zero-order valence-electron chi connectivity index (χ0n) is 17.0. The highest BCUT2D eigenvalue weighted by molar-refractivity contribution is 5.93. The van der Waals surface area contributed by atoms with Crippen molar-refractivity contribution in [1.29, 1.82) is 0 Å². The van der Waals surface area contributed by atoms with E-state index in [9.17, 15) is 9.59 Å². The molecule has 27 heavy (non-hydrogen) atoms. The molecule has 0 bridgehead atoms. The standard InChI is InChI=1S/C22H33N3O2/c1-4-24-11-13-25(14-12-24)22(27)19-9-7-18(8-10-19)21(26)23-20-15-16(2)5-6-17(20)3/h5-6,15,18-19H,4,7-14H2,1-3H3,(H,23,26). The maximum atomic E-state index is 12.8. The number of benzene rings is 1. The molecule has 1 aromatic carbocycles. The van der Waals surface area contributed by atoms with Crippen molar-refractivity contribution in [2.75, 3.05) is 38.0 Å². The van der Waals surface area contributed by atoms with E-state index in [1.807, 2.05) is 30.9 Å². The lowest BCUT2D eigenvalue weighted by molar-refractivity contribution is -0.139. The van der Waals surface area contributed by atoms with Crippen LogP contribution in [-0.2, 0) is 9.59 Å². The average molecular weight is 372 g/mol. The van der Waals surface area contributed by atoms with Gasteiger partial charge in [-0.1, -0.05) is 19.1 Å². The topological polar surface area (TPSA) is 52.7 Å². The number of nitrogens with zero attached hydrogens (tertiary/aromatic N) is 2. The van der Waals surface area contributed by atoms with Crippen LogP contribution in [-0.4, -0.2) is 54.3 Å². The number of aryl methyl sites for hydroxylation is 2. The van der Waals surface area contributed by atoms with Gasteiger partial charge in [0.1, 0.15) is 0 Å². The lowest BCUT2D eigenvalue weighted by Crippen LogP contribution is -2.50. The summed E-state index contributed by atoms with van der Waals surface area (Å²) in [6, 6.07) is 6.12. The summed E-state index contributed by atoms with van der Waals surface area (Å²) in [6.07, 6.45) is 3.28. The summed E-state index contributed by atoms with van der Waals surface area (Å²) in [5.41, 5.74) is 3.14. The van der Waals surface area contributed by atoms with Gasteiger partial charge in [0.05, 0.1) is 0 Å². The van der Waals surface area contributed by atoms with Gasteiger partial charge in [0.25, 0.3) is 0 Å². The third-order valence-electron chi connectivity index (χ3n) is 6.23. The van der Waals surface area contributed by atoms with Crippen LogP contribution in [0, 0.1) is 25.7 Å². The Kier molecular flexibility index (Phi) is 6.53. The smallest absolute Gasteiger partial charge is 0.227 e. The van der Waals surface area contributed by atoms with Crippen molar-refractivity contribution in [3.05, 3.63) is 29.3 Å². The van der Waals surface area contributed by atoms with E-state index in [0.717, 1.165) is 75.2 Å².